The Morgan fingerprint density at radius 2 is 1.71 bits per heavy atom. The number of benzene rings is 1. The molecule has 2 aromatic rings. The van der Waals surface area contributed by atoms with Crippen molar-refractivity contribution in [3.05, 3.63) is 42.2 Å². The highest BCUT2D eigenvalue weighted by Crippen LogP contribution is 2.16. The maximum absolute atomic E-state index is 12.2. The van der Waals surface area contributed by atoms with Crippen LogP contribution in [0.15, 0.2) is 41.6 Å². The van der Waals surface area contributed by atoms with Gasteiger partial charge in [-0.15, -0.1) is 0 Å². The second-order valence-corrected chi connectivity index (χ2v) is 5.83. The summed E-state index contributed by atoms with van der Waals surface area (Å²) >= 11 is 0. The Labute approximate surface area is 122 Å². The van der Waals surface area contributed by atoms with E-state index >= 15 is 0 Å². The predicted molar refractivity (Wildman–Crippen MR) is 75.8 cm³/mol. The minimum absolute atomic E-state index is 0.0447. The van der Waals surface area contributed by atoms with Crippen LogP contribution in [0.4, 0.5) is 5.69 Å². The summed E-state index contributed by atoms with van der Waals surface area (Å²) in [6.07, 6.45) is 2.60. The molecule has 0 saturated carbocycles. The molecule has 0 saturated heterocycles. The topological polar surface area (TPSA) is 98.2 Å². The number of rotatable bonds is 5. The van der Waals surface area contributed by atoms with Crippen molar-refractivity contribution in [2.45, 2.75) is 11.8 Å². The van der Waals surface area contributed by atoms with E-state index in [0.717, 1.165) is 0 Å². The van der Waals surface area contributed by atoms with E-state index in [1.807, 2.05) is 0 Å². The van der Waals surface area contributed by atoms with Crippen molar-refractivity contribution >= 4 is 21.5 Å². The molecule has 2 rings (SSSR count). The standard InChI is InChI=1S/C13H13N3O4S/c1-9(17)10-3-5-12(6-4-10)21(18,19)16-11-7-14-13(20-2)15-8-11/h3-8,16H,1-2H3. The van der Waals surface area contributed by atoms with Crippen LogP contribution in [0.3, 0.4) is 0 Å². The molecule has 0 bridgehead atoms. The number of carbonyl (C=O) groups is 1. The molecule has 0 amide bonds. The highest BCUT2D eigenvalue weighted by Gasteiger charge is 2.15. The largest absolute Gasteiger partial charge is 0.467 e. The fourth-order valence-corrected chi connectivity index (χ4v) is 2.59. The number of methoxy groups -OCH3 is 1. The predicted octanol–water partition coefficient (Wildman–Crippen LogP) is 1.49. The highest BCUT2D eigenvalue weighted by atomic mass is 32.2. The van der Waals surface area contributed by atoms with E-state index in [4.69, 9.17) is 4.74 Å². The van der Waals surface area contributed by atoms with Crippen LogP contribution < -0.4 is 9.46 Å². The van der Waals surface area contributed by atoms with Gasteiger partial charge in [-0.25, -0.2) is 18.4 Å². The van der Waals surface area contributed by atoms with Crippen LogP contribution in [-0.2, 0) is 10.0 Å². The molecule has 8 heteroatoms. The van der Waals surface area contributed by atoms with Crippen molar-refractivity contribution in [2.75, 3.05) is 11.8 Å². The first kappa shape index (κ1) is 14.9. The van der Waals surface area contributed by atoms with E-state index in [0.29, 0.717) is 5.56 Å². The van der Waals surface area contributed by atoms with E-state index in [2.05, 4.69) is 14.7 Å². The summed E-state index contributed by atoms with van der Waals surface area (Å²) in [5.74, 6) is -0.129. The van der Waals surface area contributed by atoms with Gasteiger partial charge in [-0.05, 0) is 19.1 Å². The van der Waals surface area contributed by atoms with Gasteiger partial charge in [0.2, 0.25) is 0 Å². The highest BCUT2D eigenvalue weighted by molar-refractivity contribution is 7.92. The van der Waals surface area contributed by atoms with Gasteiger partial charge in [0.05, 0.1) is 30.1 Å². The molecule has 1 aromatic carbocycles. The lowest BCUT2D eigenvalue weighted by molar-refractivity contribution is 0.101. The smallest absolute Gasteiger partial charge is 0.316 e. The number of nitrogens with one attached hydrogen (secondary N) is 1. The van der Waals surface area contributed by atoms with Gasteiger partial charge >= 0.3 is 6.01 Å². The van der Waals surface area contributed by atoms with Crippen molar-refractivity contribution in [1.82, 2.24) is 9.97 Å². The van der Waals surface area contributed by atoms with Crippen LogP contribution in [0.2, 0.25) is 0 Å². The zero-order chi connectivity index (χ0) is 15.5. The molecule has 0 fully saturated rings. The second kappa shape index (κ2) is 5.88. The molecule has 0 atom stereocenters. The number of aromatic nitrogens is 2. The van der Waals surface area contributed by atoms with Crippen molar-refractivity contribution < 1.29 is 17.9 Å². The summed E-state index contributed by atoms with van der Waals surface area (Å²) in [7, 11) is -2.35. The number of hydrogen-bond acceptors (Lipinski definition) is 6. The van der Waals surface area contributed by atoms with Crippen molar-refractivity contribution in [2.24, 2.45) is 0 Å². The Balaban J connectivity index is 2.22. The molecular weight excluding hydrogens is 294 g/mol. The lowest BCUT2D eigenvalue weighted by Crippen LogP contribution is -2.13. The Bertz CT molecular complexity index is 740. The summed E-state index contributed by atoms with van der Waals surface area (Å²) in [6, 6.07) is 5.79. The van der Waals surface area contributed by atoms with Crippen molar-refractivity contribution in [3.63, 3.8) is 0 Å². The summed E-state index contributed by atoms with van der Waals surface area (Å²) in [4.78, 5) is 18.8. The summed E-state index contributed by atoms with van der Waals surface area (Å²) in [6.45, 7) is 1.41. The van der Waals surface area contributed by atoms with Gasteiger partial charge in [-0.3, -0.25) is 9.52 Å². The van der Waals surface area contributed by atoms with Gasteiger partial charge in [-0.1, -0.05) is 12.1 Å². The Morgan fingerprint density at radius 1 is 1.14 bits per heavy atom. The molecule has 0 aliphatic rings. The van der Waals surface area contributed by atoms with Gasteiger partial charge in [0.1, 0.15) is 0 Å². The molecule has 7 nitrogen and oxygen atoms in total. The van der Waals surface area contributed by atoms with Crippen LogP contribution >= 0.6 is 0 Å². The number of hydrogen-bond donors (Lipinski definition) is 1. The van der Waals surface area contributed by atoms with E-state index in [9.17, 15) is 13.2 Å². The maximum atomic E-state index is 12.2. The Hall–Kier alpha value is -2.48. The number of ether oxygens (including phenoxy) is 1. The van der Waals surface area contributed by atoms with E-state index in [-0.39, 0.29) is 22.4 Å². The van der Waals surface area contributed by atoms with Crippen LogP contribution in [-0.4, -0.2) is 31.3 Å². The fraction of sp³-hybridized carbons (Fsp3) is 0.154. The monoisotopic (exact) mass is 307 g/mol. The summed E-state index contributed by atoms with van der Waals surface area (Å²) in [5, 5.41) is 0. The molecule has 0 unspecified atom stereocenters. The van der Waals surface area contributed by atoms with Crippen LogP contribution in [0.1, 0.15) is 17.3 Å². The fourth-order valence-electron chi connectivity index (χ4n) is 1.56. The van der Waals surface area contributed by atoms with E-state index < -0.39 is 10.0 Å². The normalized spacial score (nSPS) is 11.0. The van der Waals surface area contributed by atoms with Crippen LogP contribution in [0.5, 0.6) is 6.01 Å². The number of anilines is 1. The summed E-state index contributed by atoms with van der Waals surface area (Å²) < 4.78 is 31.4. The van der Waals surface area contributed by atoms with Crippen molar-refractivity contribution in [3.8, 4) is 6.01 Å². The van der Waals surface area contributed by atoms with Gasteiger partial charge in [0.15, 0.2) is 5.78 Å². The quantitative estimate of drug-likeness (QED) is 0.840. The minimum atomic E-state index is -3.76. The molecule has 21 heavy (non-hydrogen) atoms. The van der Waals surface area contributed by atoms with Gasteiger partial charge < -0.3 is 4.74 Å². The van der Waals surface area contributed by atoms with Crippen molar-refractivity contribution in [1.29, 1.82) is 0 Å². The molecule has 0 aliphatic heterocycles. The third-order valence-electron chi connectivity index (χ3n) is 2.63. The third kappa shape index (κ3) is 3.54. The van der Waals surface area contributed by atoms with E-state index in [1.165, 1.54) is 50.7 Å². The first-order chi connectivity index (χ1) is 9.92. The average Bonchev–Trinajstić information content (AvgIpc) is 2.48. The molecule has 1 heterocycles. The molecule has 1 aromatic heterocycles. The molecule has 0 radical (unpaired) electrons. The number of ketones is 1. The maximum Gasteiger partial charge on any atom is 0.316 e. The lowest BCUT2D eigenvalue weighted by atomic mass is 10.2. The minimum Gasteiger partial charge on any atom is -0.467 e. The third-order valence-corrected chi connectivity index (χ3v) is 4.03. The van der Waals surface area contributed by atoms with Crippen LogP contribution in [0.25, 0.3) is 0 Å². The van der Waals surface area contributed by atoms with Gasteiger partial charge in [0, 0.05) is 5.56 Å². The molecule has 110 valence electrons. The van der Waals surface area contributed by atoms with Gasteiger partial charge in [-0.2, -0.15) is 0 Å². The van der Waals surface area contributed by atoms with Crippen LogP contribution in [0, 0.1) is 0 Å². The number of nitrogens with zero attached hydrogens (tertiary/aromatic N) is 2. The molecule has 0 aliphatic carbocycles. The molecular formula is C13H13N3O4S. The Morgan fingerprint density at radius 3 is 2.19 bits per heavy atom. The van der Waals surface area contributed by atoms with Gasteiger partial charge in [0.25, 0.3) is 10.0 Å². The zero-order valence-corrected chi connectivity index (χ0v) is 12.2. The number of carbonyl (C=O) groups excluding carboxylic acids is 1. The molecule has 0 spiro atoms. The molecule has 1 N–H and O–H groups in total. The average molecular weight is 307 g/mol. The first-order valence-corrected chi connectivity index (χ1v) is 7.40. The SMILES string of the molecule is COc1ncc(NS(=O)(=O)c2ccc(C(C)=O)cc2)cn1. The lowest BCUT2D eigenvalue weighted by Gasteiger charge is -2.08. The number of Topliss-reactive ketones (excluding diaryl/α,β-unsaturated/α-hetero) is 1. The first-order valence-electron chi connectivity index (χ1n) is 5.92. The Kier molecular flexibility index (Phi) is 4.18. The number of sulfonamides is 1. The van der Waals surface area contributed by atoms with E-state index in [1.54, 1.807) is 0 Å². The zero-order valence-electron chi connectivity index (χ0n) is 11.4. The summed E-state index contributed by atoms with van der Waals surface area (Å²) in [5.41, 5.74) is 0.660. The second-order valence-electron chi connectivity index (χ2n) is 4.14.